The van der Waals surface area contributed by atoms with Gasteiger partial charge in [-0.15, -0.1) is 11.3 Å². The number of carbonyl (C=O) groups excluding carboxylic acids is 1. The summed E-state index contributed by atoms with van der Waals surface area (Å²) in [5, 5.41) is 4.49. The average Bonchev–Trinajstić information content (AvgIpc) is 3.18. The molecular weight excluding hydrogens is 382 g/mol. The van der Waals surface area contributed by atoms with Crippen LogP contribution in [-0.4, -0.2) is 29.3 Å². The summed E-state index contributed by atoms with van der Waals surface area (Å²) in [7, 11) is 3.03. The van der Waals surface area contributed by atoms with Crippen LogP contribution in [0, 0.1) is 0 Å². The van der Waals surface area contributed by atoms with Crippen LogP contribution in [0.1, 0.15) is 13.3 Å². The molecule has 0 spiro atoms. The van der Waals surface area contributed by atoms with E-state index in [4.69, 9.17) is 9.47 Å². The molecule has 0 aliphatic rings. The predicted molar refractivity (Wildman–Crippen MR) is 109 cm³/mol. The lowest BCUT2D eigenvalue weighted by atomic mass is 10.2. The number of hydrogen-bond acceptors (Lipinski definition) is 6. The highest BCUT2D eigenvalue weighted by atomic mass is 32.1. The number of anilines is 1. The maximum Gasteiger partial charge on any atom is 0.332 e. The third-order valence-corrected chi connectivity index (χ3v) is 5.14. The van der Waals surface area contributed by atoms with Gasteiger partial charge in [0.25, 0.3) is 5.56 Å². The molecule has 0 bridgehead atoms. The molecule has 0 radical (unpaired) electrons. The summed E-state index contributed by atoms with van der Waals surface area (Å²) in [5.74, 6) is 0.640. The van der Waals surface area contributed by atoms with Gasteiger partial charge in [-0.25, -0.2) is 4.79 Å². The molecule has 3 aromatic rings. The fraction of sp³-hybridized carbons (Fsp3) is 0.316. The summed E-state index contributed by atoms with van der Waals surface area (Å²) < 4.78 is 13.4. The van der Waals surface area contributed by atoms with Crippen molar-refractivity contribution < 1.29 is 14.3 Å². The third-order valence-electron chi connectivity index (χ3n) is 4.25. The Morgan fingerprint density at radius 2 is 1.86 bits per heavy atom. The SMILES string of the molecule is CCCn1c(=O)c2sccc2n(CC(=O)Nc2ccc(OC)c(OC)c2)c1=O. The smallest absolute Gasteiger partial charge is 0.332 e. The quantitative estimate of drug-likeness (QED) is 0.654. The van der Waals surface area contributed by atoms with Crippen LogP contribution >= 0.6 is 11.3 Å². The first-order valence-electron chi connectivity index (χ1n) is 8.72. The van der Waals surface area contributed by atoms with Gasteiger partial charge in [0.2, 0.25) is 5.91 Å². The Morgan fingerprint density at radius 1 is 1.11 bits per heavy atom. The normalized spacial score (nSPS) is 10.8. The largest absolute Gasteiger partial charge is 0.493 e. The van der Waals surface area contributed by atoms with Gasteiger partial charge in [-0.2, -0.15) is 0 Å². The first kappa shape index (κ1) is 19.7. The molecule has 0 aliphatic heterocycles. The van der Waals surface area contributed by atoms with E-state index in [9.17, 15) is 14.4 Å². The highest BCUT2D eigenvalue weighted by molar-refractivity contribution is 7.17. The molecule has 0 aliphatic carbocycles. The predicted octanol–water partition coefficient (Wildman–Crippen LogP) is 2.29. The molecular formula is C19H21N3O5S. The van der Waals surface area contributed by atoms with Gasteiger partial charge < -0.3 is 14.8 Å². The number of thiophene rings is 1. The molecule has 0 saturated carbocycles. The van der Waals surface area contributed by atoms with Gasteiger partial charge in [-0.05, 0) is 30.0 Å². The molecule has 28 heavy (non-hydrogen) atoms. The molecule has 2 heterocycles. The third kappa shape index (κ3) is 3.65. The molecule has 0 unspecified atom stereocenters. The zero-order valence-corrected chi connectivity index (χ0v) is 16.7. The molecule has 9 heteroatoms. The van der Waals surface area contributed by atoms with E-state index in [1.807, 2.05) is 6.92 Å². The number of rotatable bonds is 7. The van der Waals surface area contributed by atoms with Gasteiger partial charge in [0.05, 0.1) is 19.7 Å². The Morgan fingerprint density at radius 3 is 2.54 bits per heavy atom. The number of methoxy groups -OCH3 is 2. The standard InChI is InChI=1S/C19H21N3O5S/c1-4-8-21-18(24)17-13(7-9-28-17)22(19(21)25)11-16(23)20-12-5-6-14(26-2)15(10-12)27-3/h5-7,9-10H,4,8,11H2,1-3H3,(H,20,23). The number of nitrogens with one attached hydrogen (secondary N) is 1. The minimum atomic E-state index is -0.486. The second-order valence-corrected chi connectivity index (χ2v) is 6.99. The zero-order valence-electron chi connectivity index (χ0n) is 15.9. The Kier molecular flexibility index (Phi) is 5.84. The highest BCUT2D eigenvalue weighted by Crippen LogP contribution is 2.29. The molecule has 1 N–H and O–H groups in total. The second-order valence-electron chi connectivity index (χ2n) is 6.08. The fourth-order valence-corrected chi connectivity index (χ4v) is 3.81. The van der Waals surface area contributed by atoms with Crippen molar-refractivity contribution in [2.75, 3.05) is 19.5 Å². The number of nitrogens with zero attached hydrogens (tertiary/aromatic N) is 2. The van der Waals surface area contributed by atoms with Crippen molar-refractivity contribution in [3.8, 4) is 11.5 Å². The van der Waals surface area contributed by atoms with E-state index in [-0.39, 0.29) is 18.0 Å². The van der Waals surface area contributed by atoms with E-state index in [1.54, 1.807) is 29.6 Å². The van der Waals surface area contributed by atoms with E-state index in [2.05, 4.69) is 5.32 Å². The minimum absolute atomic E-state index is 0.204. The molecule has 0 fully saturated rings. The molecule has 3 rings (SSSR count). The van der Waals surface area contributed by atoms with E-state index in [1.165, 1.54) is 34.7 Å². The summed E-state index contributed by atoms with van der Waals surface area (Å²) in [6, 6.07) is 6.68. The number of carbonyl (C=O) groups is 1. The summed E-state index contributed by atoms with van der Waals surface area (Å²) in [4.78, 5) is 37.9. The Bertz CT molecular complexity index is 1130. The van der Waals surface area contributed by atoms with Crippen molar-refractivity contribution in [3.63, 3.8) is 0 Å². The van der Waals surface area contributed by atoms with Crippen LogP contribution in [0.25, 0.3) is 10.2 Å². The summed E-state index contributed by atoms with van der Waals surface area (Å²) in [6.45, 7) is 1.99. The van der Waals surface area contributed by atoms with Crippen molar-refractivity contribution in [1.82, 2.24) is 9.13 Å². The summed E-state index contributed by atoms with van der Waals surface area (Å²) in [5.41, 5.74) is 0.183. The van der Waals surface area contributed by atoms with Crippen molar-refractivity contribution in [3.05, 3.63) is 50.5 Å². The first-order chi connectivity index (χ1) is 13.5. The van der Waals surface area contributed by atoms with E-state index in [0.29, 0.717) is 40.4 Å². The van der Waals surface area contributed by atoms with E-state index >= 15 is 0 Å². The highest BCUT2D eigenvalue weighted by Gasteiger charge is 2.16. The monoisotopic (exact) mass is 403 g/mol. The molecule has 1 aromatic carbocycles. The maximum absolute atomic E-state index is 12.8. The van der Waals surface area contributed by atoms with Crippen LogP contribution in [0.3, 0.4) is 0 Å². The van der Waals surface area contributed by atoms with Gasteiger partial charge in [0.15, 0.2) is 11.5 Å². The maximum atomic E-state index is 12.8. The summed E-state index contributed by atoms with van der Waals surface area (Å²) in [6.07, 6.45) is 0.643. The minimum Gasteiger partial charge on any atom is -0.493 e. The second kappa shape index (κ2) is 8.30. The van der Waals surface area contributed by atoms with Gasteiger partial charge in [-0.1, -0.05) is 6.92 Å². The number of fused-ring (bicyclic) bond motifs is 1. The molecule has 0 saturated heterocycles. The number of ether oxygens (including phenoxy) is 2. The van der Waals surface area contributed by atoms with Gasteiger partial charge in [0, 0.05) is 18.3 Å². The average molecular weight is 403 g/mol. The van der Waals surface area contributed by atoms with E-state index < -0.39 is 5.69 Å². The Balaban J connectivity index is 1.93. The number of benzene rings is 1. The van der Waals surface area contributed by atoms with Crippen molar-refractivity contribution >= 4 is 33.1 Å². The van der Waals surface area contributed by atoms with Crippen molar-refractivity contribution in [1.29, 1.82) is 0 Å². The van der Waals surface area contributed by atoms with Crippen LogP contribution in [0.4, 0.5) is 5.69 Å². The Hall–Kier alpha value is -3.07. The molecule has 2 aromatic heterocycles. The van der Waals surface area contributed by atoms with Crippen molar-refractivity contribution in [2.45, 2.75) is 26.4 Å². The molecule has 148 valence electrons. The molecule has 1 amide bonds. The zero-order chi connectivity index (χ0) is 20.3. The van der Waals surface area contributed by atoms with Crippen LogP contribution in [0.2, 0.25) is 0 Å². The molecule has 8 nitrogen and oxygen atoms in total. The number of amides is 1. The van der Waals surface area contributed by atoms with Crippen LogP contribution in [0.5, 0.6) is 11.5 Å². The topological polar surface area (TPSA) is 91.6 Å². The summed E-state index contributed by atoms with van der Waals surface area (Å²) >= 11 is 1.26. The fourth-order valence-electron chi connectivity index (χ4n) is 2.96. The lowest BCUT2D eigenvalue weighted by Gasteiger charge is -2.13. The van der Waals surface area contributed by atoms with Gasteiger partial charge in [0.1, 0.15) is 11.2 Å². The van der Waals surface area contributed by atoms with Gasteiger partial charge >= 0.3 is 5.69 Å². The lowest BCUT2D eigenvalue weighted by molar-refractivity contribution is -0.116. The Labute approximate surface area is 164 Å². The number of aromatic nitrogens is 2. The van der Waals surface area contributed by atoms with E-state index in [0.717, 1.165) is 0 Å². The molecule has 0 atom stereocenters. The first-order valence-corrected chi connectivity index (χ1v) is 9.60. The van der Waals surface area contributed by atoms with Crippen LogP contribution in [-0.2, 0) is 17.9 Å². The van der Waals surface area contributed by atoms with Crippen LogP contribution in [0.15, 0.2) is 39.2 Å². The van der Waals surface area contributed by atoms with Crippen molar-refractivity contribution in [2.24, 2.45) is 0 Å². The van der Waals surface area contributed by atoms with Crippen LogP contribution < -0.4 is 26.0 Å². The van der Waals surface area contributed by atoms with Gasteiger partial charge in [-0.3, -0.25) is 18.7 Å². The lowest BCUT2D eigenvalue weighted by Crippen LogP contribution is -2.41. The number of hydrogen-bond donors (Lipinski definition) is 1.